The number of aromatic nitrogens is 2. The van der Waals surface area contributed by atoms with Gasteiger partial charge in [0, 0.05) is 18.5 Å². The van der Waals surface area contributed by atoms with E-state index < -0.39 is 15.8 Å². The molecule has 3 N–H and O–H groups in total. The Morgan fingerprint density at radius 1 is 1.30 bits per heavy atom. The Labute approximate surface area is 196 Å². The number of hydrogen-bond donors (Lipinski definition) is 3. The summed E-state index contributed by atoms with van der Waals surface area (Å²) >= 11 is 0.854. The van der Waals surface area contributed by atoms with Gasteiger partial charge in [0.15, 0.2) is 15.6 Å². The van der Waals surface area contributed by atoms with Gasteiger partial charge < -0.3 is 24.7 Å². The molecule has 0 aliphatic rings. The Bertz CT molecular complexity index is 1200. The Balaban J connectivity index is 1.93. The highest BCUT2D eigenvalue weighted by molar-refractivity contribution is 7.91. The molecule has 0 aliphatic carbocycles. The topological polar surface area (TPSA) is 148 Å². The number of aromatic hydroxyl groups is 1. The quantitative estimate of drug-likeness (QED) is 0.372. The third-order valence-corrected chi connectivity index (χ3v) is 8.61. The van der Waals surface area contributed by atoms with Gasteiger partial charge in [-0.05, 0) is 29.6 Å². The number of anilines is 3. The summed E-state index contributed by atoms with van der Waals surface area (Å²) in [6, 6.07) is 3.31. The molecular formula is C20H29N5O6S2. The minimum atomic E-state index is -3.87. The van der Waals surface area contributed by atoms with E-state index in [1.165, 1.54) is 9.69 Å². The molecule has 0 radical (unpaired) electrons. The van der Waals surface area contributed by atoms with Crippen molar-refractivity contribution in [3.05, 3.63) is 34.2 Å². The largest absolute Gasteiger partial charge is 0.503 e. The van der Waals surface area contributed by atoms with Crippen molar-refractivity contribution in [2.45, 2.75) is 51.8 Å². The summed E-state index contributed by atoms with van der Waals surface area (Å²) in [5, 5.41) is 34.0. The molecule has 0 aromatic carbocycles. The maximum atomic E-state index is 12.8. The van der Waals surface area contributed by atoms with Crippen LogP contribution in [0.1, 0.15) is 52.2 Å². The van der Waals surface area contributed by atoms with Crippen molar-refractivity contribution in [3.63, 3.8) is 0 Å². The first-order valence-corrected chi connectivity index (χ1v) is 12.7. The van der Waals surface area contributed by atoms with Crippen LogP contribution >= 0.6 is 11.3 Å². The highest BCUT2D eigenvalue weighted by atomic mass is 32.2. The van der Waals surface area contributed by atoms with Gasteiger partial charge in [-0.2, -0.15) is 4.31 Å². The van der Waals surface area contributed by atoms with Crippen LogP contribution < -0.4 is 15.5 Å². The second-order valence-corrected chi connectivity index (χ2v) is 11.5. The molecule has 0 bridgehead atoms. The Morgan fingerprint density at radius 2 is 1.97 bits per heavy atom. The number of thiophene rings is 1. The molecule has 3 heterocycles. The van der Waals surface area contributed by atoms with Crippen molar-refractivity contribution in [1.82, 2.24) is 9.46 Å². The van der Waals surface area contributed by atoms with Crippen LogP contribution in [0.4, 0.5) is 17.3 Å². The van der Waals surface area contributed by atoms with Crippen LogP contribution in [-0.2, 0) is 10.0 Å². The van der Waals surface area contributed by atoms with Crippen LogP contribution in [0.3, 0.4) is 0 Å². The highest BCUT2D eigenvalue weighted by Crippen LogP contribution is 2.42. The van der Waals surface area contributed by atoms with Crippen LogP contribution in [0.15, 0.2) is 30.8 Å². The van der Waals surface area contributed by atoms with E-state index in [4.69, 9.17) is 9.05 Å². The van der Waals surface area contributed by atoms with Crippen molar-refractivity contribution in [2.75, 3.05) is 23.7 Å². The first-order valence-electron chi connectivity index (χ1n) is 10.4. The van der Waals surface area contributed by atoms with Gasteiger partial charge in [0.2, 0.25) is 0 Å². The zero-order valence-electron chi connectivity index (χ0n) is 19.4. The molecule has 13 heteroatoms. The van der Waals surface area contributed by atoms with Gasteiger partial charge in [0.25, 0.3) is 15.8 Å². The molecule has 3 aromatic heterocycles. The molecule has 11 nitrogen and oxygen atoms in total. The summed E-state index contributed by atoms with van der Waals surface area (Å²) in [6.07, 6.45) is 0. The van der Waals surface area contributed by atoms with Crippen LogP contribution in [0, 0.1) is 17.5 Å². The smallest absolute Gasteiger partial charge is 0.324 e. The van der Waals surface area contributed by atoms with Gasteiger partial charge in [-0.3, -0.25) is 5.32 Å². The normalized spacial score (nSPS) is 13.4. The molecule has 0 spiro atoms. The molecule has 1 atom stereocenters. The van der Waals surface area contributed by atoms with E-state index in [-0.39, 0.29) is 51.0 Å². The molecule has 0 saturated carbocycles. The molecule has 0 aliphatic heterocycles. The molecule has 0 unspecified atom stereocenters. The first-order chi connectivity index (χ1) is 15.4. The Kier molecular flexibility index (Phi) is 6.96. The Hall–Kier alpha value is -2.77. The number of nitrogens with one attached hydrogen (secondary N) is 2. The lowest BCUT2D eigenvalue weighted by Gasteiger charge is -2.29. The number of rotatable bonds is 9. The van der Waals surface area contributed by atoms with Gasteiger partial charge >= 0.3 is 5.82 Å². The lowest BCUT2D eigenvalue weighted by atomic mass is 9.85. The molecule has 3 aromatic rings. The van der Waals surface area contributed by atoms with Crippen LogP contribution in [0.5, 0.6) is 5.75 Å². The van der Waals surface area contributed by atoms with Crippen LogP contribution in [0.2, 0.25) is 0 Å². The lowest BCUT2D eigenvalue weighted by molar-refractivity contribution is -0.790. The standard InChI is InChI=1S/C20H29N5O6S2/c1-7-24(8-2)33(28,29)19-15(26)13(11-32-19)21-18-17(23-31-25(18)27)22-16(20(4,5)6)14-10-9-12(3)30-14/h9-11,16,21,26H,7-8H2,1-6H3,(H,22,23)/t16-/m0/s1. The van der Waals surface area contributed by atoms with E-state index in [1.54, 1.807) is 13.8 Å². The monoisotopic (exact) mass is 499 g/mol. The van der Waals surface area contributed by atoms with Gasteiger partial charge in [0.05, 0.1) is 6.04 Å². The summed E-state index contributed by atoms with van der Waals surface area (Å²) in [5.74, 6) is 0.860. The average molecular weight is 500 g/mol. The number of aryl methyl sites for hydroxylation is 1. The third kappa shape index (κ3) is 4.94. The fraction of sp³-hybridized carbons (Fsp3) is 0.500. The second-order valence-electron chi connectivity index (χ2n) is 8.52. The van der Waals surface area contributed by atoms with E-state index >= 15 is 0 Å². The van der Waals surface area contributed by atoms with Gasteiger partial charge in [-0.15, -0.1) is 11.3 Å². The molecule has 3 rings (SSSR count). The molecule has 182 valence electrons. The van der Waals surface area contributed by atoms with Crippen LogP contribution in [-0.4, -0.2) is 36.1 Å². The predicted octanol–water partition coefficient (Wildman–Crippen LogP) is 3.95. The molecule has 0 amide bonds. The average Bonchev–Trinajstić information content (AvgIpc) is 3.41. The zero-order chi connectivity index (χ0) is 24.6. The van der Waals surface area contributed by atoms with Crippen molar-refractivity contribution < 1.29 is 27.5 Å². The van der Waals surface area contributed by atoms with Crippen molar-refractivity contribution in [2.24, 2.45) is 5.41 Å². The van der Waals surface area contributed by atoms with Crippen molar-refractivity contribution in [3.8, 4) is 5.75 Å². The van der Waals surface area contributed by atoms with Crippen molar-refractivity contribution in [1.29, 1.82) is 0 Å². The number of furan rings is 1. The van der Waals surface area contributed by atoms with E-state index in [0.717, 1.165) is 17.1 Å². The summed E-state index contributed by atoms with van der Waals surface area (Å²) in [5.41, 5.74) is -0.285. The maximum Gasteiger partial charge on any atom is 0.324 e. The fourth-order valence-electron chi connectivity index (χ4n) is 3.32. The first kappa shape index (κ1) is 24.9. The summed E-state index contributed by atoms with van der Waals surface area (Å²) in [7, 11) is -3.87. The van der Waals surface area contributed by atoms with E-state index in [2.05, 4.69) is 15.8 Å². The minimum Gasteiger partial charge on any atom is -0.503 e. The van der Waals surface area contributed by atoms with Gasteiger partial charge in [0.1, 0.15) is 11.5 Å². The van der Waals surface area contributed by atoms with E-state index in [0.29, 0.717) is 5.76 Å². The van der Waals surface area contributed by atoms with E-state index in [1.807, 2.05) is 39.8 Å². The summed E-state index contributed by atoms with van der Waals surface area (Å²) in [4.78, 5) is 0.144. The fourth-order valence-corrected chi connectivity index (χ4v) is 6.15. The number of sulfonamides is 1. The Morgan fingerprint density at radius 3 is 2.52 bits per heavy atom. The van der Waals surface area contributed by atoms with Gasteiger partial charge in [-0.1, -0.05) is 39.5 Å². The van der Waals surface area contributed by atoms with Crippen LogP contribution in [0.25, 0.3) is 0 Å². The molecule has 33 heavy (non-hydrogen) atoms. The number of hydrogen-bond acceptors (Lipinski definition) is 10. The molecular weight excluding hydrogens is 470 g/mol. The number of nitrogens with zero attached hydrogens (tertiary/aromatic N) is 3. The third-order valence-electron chi connectivity index (χ3n) is 5.07. The molecule has 0 saturated heterocycles. The van der Waals surface area contributed by atoms with Gasteiger partial charge in [-0.25, -0.2) is 8.42 Å². The van der Waals surface area contributed by atoms with E-state index in [9.17, 15) is 18.7 Å². The highest BCUT2D eigenvalue weighted by Gasteiger charge is 2.34. The minimum absolute atomic E-state index is 0.0442. The summed E-state index contributed by atoms with van der Waals surface area (Å²) in [6.45, 7) is 11.8. The predicted molar refractivity (Wildman–Crippen MR) is 124 cm³/mol. The second kappa shape index (κ2) is 9.23. The lowest BCUT2D eigenvalue weighted by Crippen LogP contribution is -2.30. The zero-order valence-corrected chi connectivity index (χ0v) is 21.0. The molecule has 0 fully saturated rings. The summed E-state index contributed by atoms with van der Waals surface area (Å²) < 4.78 is 37.2. The van der Waals surface area contributed by atoms with Crippen molar-refractivity contribution >= 4 is 38.7 Å². The SMILES string of the molecule is CCN(CC)S(=O)(=O)c1scc(Nc2c(N[C@@H](c3ccc(C)o3)C(C)(C)C)no[n+]2[O-])c1O. The maximum absolute atomic E-state index is 12.8.